The van der Waals surface area contributed by atoms with Crippen molar-refractivity contribution in [1.29, 1.82) is 0 Å². The number of anilines is 6. The fourth-order valence-corrected chi connectivity index (χ4v) is 7.23. The maximum Gasteiger partial charge on any atom is 0.153 e. The molecule has 10 rings (SSSR count). The van der Waals surface area contributed by atoms with E-state index in [2.05, 4.69) is 168 Å². The first-order chi connectivity index (χ1) is 24.8. The minimum Gasteiger partial charge on any atom is -0.456 e. The highest BCUT2D eigenvalue weighted by Gasteiger charge is 2.28. The number of rotatable bonds is 5. The molecular weight excluding hydrogens is 613 g/mol. The third kappa shape index (κ3) is 4.69. The molecule has 0 saturated heterocycles. The van der Waals surface area contributed by atoms with Crippen LogP contribution in [0.25, 0.3) is 43.8 Å². The van der Waals surface area contributed by atoms with E-state index in [9.17, 15) is 0 Å². The van der Waals surface area contributed by atoms with Crippen molar-refractivity contribution in [3.63, 3.8) is 0 Å². The van der Waals surface area contributed by atoms with Crippen LogP contribution in [0.4, 0.5) is 34.1 Å². The highest BCUT2D eigenvalue weighted by atomic mass is 16.5. The number of fused-ring (bicyclic) bond motifs is 6. The molecule has 0 unspecified atom stereocenters. The molecule has 1 aliphatic heterocycles. The largest absolute Gasteiger partial charge is 0.456 e. The van der Waals surface area contributed by atoms with E-state index in [1.807, 2.05) is 24.3 Å². The molecular formula is C46H30N2O2. The minimum atomic E-state index is 0.774. The third-order valence-electron chi connectivity index (χ3n) is 9.59. The maximum atomic E-state index is 6.70. The van der Waals surface area contributed by atoms with E-state index in [0.29, 0.717) is 0 Å². The summed E-state index contributed by atoms with van der Waals surface area (Å²) in [4.78, 5) is 4.58. The van der Waals surface area contributed by atoms with Gasteiger partial charge in [-0.3, -0.25) is 0 Å². The zero-order valence-electron chi connectivity index (χ0n) is 27.0. The normalized spacial score (nSPS) is 12.1. The summed E-state index contributed by atoms with van der Waals surface area (Å²) in [5.41, 5.74) is 10.1. The van der Waals surface area contributed by atoms with Crippen LogP contribution in [0.1, 0.15) is 0 Å². The number of ether oxygens (including phenoxy) is 1. The molecule has 0 N–H and O–H groups in total. The molecule has 0 spiro atoms. The average Bonchev–Trinajstić information content (AvgIpc) is 3.55. The lowest BCUT2D eigenvalue weighted by molar-refractivity contribution is 0.477. The molecule has 0 saturated carbocycles. The first-order valence-electron chi connectivity index (χ1n) is 16.8. The van der Waals surface area contributed by atoms with E-state index in [1.54, 1.807) is 0 Å². The Morgan fingerprint density at radius 2 is 1.10 bits per heavy atom. The van der Waals surface area contributed by atoms with Gasteiger partial charge in [-0.25, -0.2) is 0 Å². The average molecular weight is 643 g/mol. The van der Waals surface area contributed by atoms with Gasteiger partial charge in [-0.2, -0.15) is 0 Å². The highest BCUT2D eigenvalue weighted by Crippen LogP contribution is 2.52. The predicted molar refractivity (Wildman–Crippen MR) is 206 cm³/mol. The van der Waals surface area contributed by atoms with Crippen LogP contribution >= 0.6 is 0 Å². The number of para-hydroxylation sites is 3. The van der Waals surface area contributed by atoms with Crippen LogP contribution in [-0.4, -0.2) is 0 Å². The van der Waals surface area contributed by atoms with Crippen molar-refractivity contribution in [3.05, 3.63) is 182 Å². The van der Waals surface area contributed by atoms with Gasteiger partial charge in [0.1, 0.15) is 11.2 Å². The minimum absolute atomic E-state index is 0.774. The van der Waals surface area contributed by atoms with Gasteiger partial charge in [0.05, 0.1) is 17.1 Å². The SMILES string of the molecule is c1ccc(-c2cccc(N(c3ccc4c(c3)Oc3ccccc3N4c3ccc4c(c3)oc3ccccc34)c3ccc4ccccc4c3)c2)cc1. The standard InChI is InChI=1S/C46H30N2O2/c1-2-11-31(12-3-1)34-15-10-16-35(27-34)47(36-22-21-32-13-4-5-14-33(32)28-36)37-24-26-42-46(30-37)50-44-20-9-7-18-41(44)48(42)38-23-25-40-39-17-6-8-19-43(39)49-45(40)29-38/h1-30H. The Morgan fingerprint density at radius 3 is 2.04 bits per heavy atom. The van der Waals surface area contributed by atoms with E-state index in [1.165, 1.54) is 16.3 Å². The second kappa shape index (κ2) is 11.4. The molecule has 0 fully saturated rings. The Kier molecular flexibility index (Phi) is 6.46. The molecule has 4 heteroatoms. The van der Waals surface area contributed by atoms with Gasteiger partial charge in [-0.05, 0) is 88.6 Å². The number of nitrogens with zero attached hydrogens (tertiary/aromatic N) is 2. The van der Waals surface area contributed by atoms with Crippen molar-refractivity contribution in [2.24, 2.45) is 0 Å². The smallest absolute Gasteiger partial charge is 0.153 e. The van der Waals surface area contributed by atoms with E-state index in [0.717, 1.165) is 73.1 Å². The molecule has 9 aromatic rings. The Labute approximate surface area is 289 Å². The summed E-state index contributed by atoms with van der Waals surface area (Å²) in [6, 6.07) is 63.8. The van der Waals surface area contributed by atoms with Gasteiger partial charge >= 0.3 is 0 Å². The summed E-state index contributed by atoms with van der Waals surface area (Å²) in [6.07, 6.45) is 0. The fraction of sp³-hybridized carbons (Fsp3) is 0. The van der Waals surface area contributed by atoms with Gasteiger partial charge < -0.3 is 19.0 Å². The van der Waals surface area contributed by atoms with Crippen LogP contribution in [0.2, 0.25) is 0 Å². The van der Waals surface area contributed by atoms with Crippen LogP contribution in [-0.2, 0) is 0 Å². The maximum absolute atomic E-state index is 6.70. The van der Waals surface area contributed by atoms with Gasteiger partial charge in [0.2, 0.25) is 0 Å². The number of benzene rings is 8. The van der Waals surface area contributed by atoms with Gasteiger partial charge in [-0.15, -0.1) is 0 Å². The predicted octanol–water partition coefficient (Wildman–Crippen LogP) is 13.5. The van der Waals surface area contributed by atoms with Crippen molar-refractivity contribution < 1.29 is 9.15 Å². The molecule has 1 aliphatic rings. The lowest BCUT2D eigenvalue weighted by atomic mass is 10.0. The molecule has 1 aromatic heterocycles. The Hall–Kier alpha value is -6.78. The van der Waals surface area contributed by atoms with E-state index in [4.69, 9.17) is 9.15 Å². The summed E-state index contributed by atoms with van der Waals surface area (Å²) in [5.74, 6) is 1.57. The van der Waals surface area contributed by atoms with Crippen LogP contribution in [0.5, 0.6) is 11.5 Å². The van der Waals surface area contributed by atoms with E-state index >= 15 is 0 Å². The zero-order valence-corrected chi connectivity index (χ0v) is 27.0. The van der Waals surface area contributed by atoms with Crippen molar-refractivity contribution in [2.45, 2.75) is 0 Å². The Bertz CT molecular complexity index is 2710. The molecule has 0 radical (unpaired) electrons. The molecule has 0 bridgehead atoms. The molecule has 0 amide bonds. The van der Waals surface area contributed by atoms with Crippen LogP contribution in [0.15, 0.2) is 186 Å². The van der Waals surface area contributed by atoms with Crippen LogP contribution in [0, 0.1) is 0 Å². The lowest BCUT2D eigenvalue weighted by Gasteiger charge is -2.34. The molecule has 8 aromatic carbocycles. The summed E-state index contributed by atoms with van der Waals surface area (Å²) >= 11 is 0. The van der Waals surface area contributed by atoms with E-state index < -0.39 is 0 Å². The van der Waals surface area contributed by atoms with Gasteiger partial charge in [0, 0.05) is 40.0 Å². The van der Waals surface area contributed by atoms with Crippen LogP contribution in [0.3, 0.4) is 0 Å². The third-order valence-corrected chi connectivity index (χ3v) is 9.59. The molecule has 2 heterocycles. The summed E-state index contributed by atoms with van der Waals surface area (Å²) in [6.45, 7) is 0. The van der Waals surface area contributed by atoms with Crippen molar-refractivity contribution >= 4 is 66.8 Å². The second-order valence-electron chi connectivity index (χ2n) is 12.6. The zero-order chi connectivity index (χ0) is 33.0. The molecule has 236 valence electrons. The molecule has 0 atom stereocenters. The lowest BCUT2D eigenvalue weighted by Crippen LogP contribution is -2.17. The second-order valence-corrected chi connectivity index (χ2v) is 12.6. The Balaban J connectivity index is 1.14. The van der Waals surface area contributed by atoms with Gasteiger partial charge in [0.25, 0.3) is 0 Å². The number of hydrogen-bond acceptors (Lipinski definition) is 4. The van der Waals surface area contributed by atoms with Crippen LogP contribution < -0.4 is 14.5 Å². The van der Waals surface area contributed by atoms with Gasteiger partial charge in [0.15, 0.2) is 11.5 Å². The topological polar surface area (TPSA) is 28.9 Å². The molecule has 4 nitrogen and oxygen atoms in total. The van der Waals surface area contributed by atoms with E-state index in [-0.39, 0.29) is 0 Å². The summed E-state index contributed by atoms with van der Waals surface area (Å²) < 4.78 is 13.0. The first kappa shape index (κ1) is 28.3. The highest BCUT2D eigenvalue weighted by molar-refractivity contribution is 6.06. The summed E-state index contributed by atoms with van der Waals surface area (Å²) in [7, 11) is 0. The van der Waals surface area contributed by atoms with Gasteiger partial charge in [-0.1, -0.05) is 103 Å². The van der Waals surface area contributed by atoms with Crippen molar-refractivity contribution in [3.8, 4) is 22.6 Å². The Morgan fingerprint density at radius 1 is 0.400 bits per heavy atom. The quantitative estimate of drug-likeness (QED) is 0.187. The van der Waals surface area contributed by atoms with Crippen molar-refractivity contribution in [1.82, 2.24) is 0 Å². The fourth-order valence-electron chi connectivity index (χ4n) is 7.23. The molecule has 50 heavy (non-hydrogen) atoms. The first-order valence-corrected chi connectivity index (χ1v) is 16.8. The summed E-state index contributed by atoms with van der Waals surface area (Å²) in [5, 5.41) is 4.61. The monoisotopic (exact) mass is 642 g/mol. The number of hydrogen-bond donors (Lipinski definition) is 0. The number of furan rings is 1. The van der Waals surface area contributed by atoms with Crippen molar-refractivity contribution in [2.75, 3.05) is 9.80 Å². The molecule has 0 aliphatic carbocycles.